The molecule has 0 bridgehead atoms. The SMILES string of the molecule is C1=C(c2cccc(-c3ccc(-n4c5ccccc5c5ccc6c(c54)Oc4cc5ccccc5cc4O6)cc3)c2)NC(c2ccccc2)NC1c1ccccc1. The Morgan fingerprint density at radius 3 is 1.93 bits per heavy atom. The molecule has 0 fully saturated rings. The van der Waals surface area contributed by atoms with Gasteiger partial charge in [0.25, 0.3) is 0 Å². The molecule has 0 saturated heterocycles. The minimum atomic E-state index is -0.0338. The Hall–Kier alpha value is -7.08. The van der Waals surface area contributed by atoms with E-state index in [1.807, 2.05) is 18.2 Å². The summed E-state index contributed by atoms with van der Waals surface area (Å²) in [6.07, 6.45) is 2.26. The number of aromatic nitrogens is 1. The van der Waals surface area contributed by atoms with Crippen LogP contribution < -0.4 is 20.1 Å². The summed E-state index contributed by atoms with van der Waals surface area (Å²) in [5.74, 6) is 2.87. The van der Waals surface area contributed by atoms with Crippen molar-refractivity contribution in [1.82, 2.24) is 15.2 Å². The molecule has 2 atom stereocenters. The molecule has 0 aliphatic carbocycles. The van der Waals surface area contributed by atoms with Gasteiger partial charge in [-0.25, -0.2) is 0 Å². The zero-order valence-electron chi connectivity index (χ0n) is 29.8. The molecule has 2 N–H and O–H groups in total. The van der Waals surface area contributed by atoms with Crippen LogP contribution in [0.4, 0.5) is 0 Å². The van der Waals surface area contributed by atoms with Crippen LogP contribution in [0.2, 0.25) is 0 Å². The predicted octanol–water partition coefficient (Wildman–Crippen LogP) is 12.5. The Morgan fingerprint density at radius 2 is 1.15 bits per heavy atom. The normalized spacial score (nSPS) is 16.1. The molecule has 1 aromatic heterocycles. The Bertz CT molecular complexity index is 2930. The summed E-state index contributed by atoms with van der Waals surface area (Å²) in [4.78, 5) is 0. The summed E-state index contributed by atoms with van der Waals surface area (Å²) in [7, 11) is 0. The molecule has 0 spiro atoms. The van der Waals surface area contributed by atoms with E-state index in [9.17, 15) is 0 Å². The molecule has 0 saturated carbocycles. The lowest BCUT2D eigenvalue weighted by atomic mass is 9.96. The number of hydrogen-bond donors (Lipinski definition) is 2. The Morgan fingerprint density at radius 1 is 0.473 bits per heavy atom. The fourth-order valence-corrected chi connectivity index (χ4v) is 8.21. The highest BCUT2D eigenvalue weighted by atomic mass is 16.6. The van der Waals surface area contributed by atoms with Gasteiger partial charge in [0.05, 0.1) is 11.6 Å². The van der Waals surface area contributed by atoms with Crippen LogP contribution in [0.5, 0.6) is 23.0 Å². The van der Waals surface area contributed by atoms with Crippen LogP contribution in [0.3, 0.4) is 0 Å². The second-order valence-corrected chi connectivity index (χ2v) is 14.2. The van der Waals surface area contributed by atoms with Gasteiger partial charge in [0.15, 0.2) is 23.0 Å². The quantitative estimate of drug-likeness (QED) is 0.187. The van der Waals surface area contributed by atoms with Gasteiger partial charge in [0, 0.05) is 22.2 Å². The number of rotatable bonds is 5. The van der Waals surface area contributed by atoms with E-state index in [-0.39, 0.29) is 12.2 Å². The van der Waals surface area contributed by atoms with Gasteiger partial charge in [-0.1, -0.05) is 133 Å². The Balaban J connectivity index is 0.971. The monoisotopic (exact) mass is 709 g/mol. The van der Waals surface area contributed by atoms with Crippen molar-refractivity contribution in [1.29, 1.82) is 0 Å². The molecule has 3 heterocycles. The number of nitrogens with zero attached hydrogens (tertiary/aromatic N) is 1. The first-order valence-electron chi connectivity index (χ1n) is 18.7. The van der Waals surface area contributed by atoms with Crippen LogP contribution in [-0.2, 0) is 0 Å². The van der Waals surface area contributed by atoms with E-state index in [1.165, 1.54) is 11.1 Å². The van der Waals surface area contributed by atoms with Crippen molar-refractivity contribution in [2.75, 3.05) is 0 Å². The van der Waals surface area contributed by atoms with Gasteiger partial charge in [-0.3, -0.25) is 5.32 Å². The second kappa shape index (κ2) is 12.8. The largest absolute Gasteiger partial charge is 0.449 e. The highest BCUT2D eigenvalue weighted by Gasteiger charge is 2.27. The van der Waals surface area contributed by atoms with E-state index >= 15 is 0 Å². The van der Waals surface area contributed by atoms with Crippen molar-refractivity contribution in [2.24, 2.45) is 0 Å². The molecular formula is C50H35N3O2. The molecule has 2 unspecified atom stereocenters. The van der Waals surface area contributed by atoms with Crippen molar-refractivity contribution < 1.29 is 9.47 Å². The summed E-state index contributed by atoms with van der Waals surface area (Å²) in [6.45, 7) is 0. The van der Waals surface area contributed by atoms with Crippen molar-refractivity contribution in [3.8, 4) is 39.8 Å². The molecule has 5 heteroatoms. The van der Waals surface area contributed by atoms with E-state index in [4.69, 9.17) is 9.47 Å². The molecule has 2 aliphatic rings. The predicted molar refractivity (Wildman–Crippen MR) is 223 cm³/mol. The van der Waals surface area contributed by atoms with Crippen LogP contribution in [0.15, 0.2) is 188 Å². The summed E-state index contributed by atoms with van der Waals surface area (Å²) in [5.41, 5.74) is 10.1. The van der Waals surface area contributed by atoms with Gasteiger partial charge in [0.2, 0.25) is 0 Å². The van der Waals surface area contributed by atoms with E-state index < -0.39 is 0 Å². The van der Waals surface area contributed by atoms with E-state index in [0.717, 1.165) is 72.2 Å². The number of nitrogens with one attached hydrogen (secondary N) is 2. The molecule has 55 heavy (non-hydrogen) atoms. The van der Waals surface area contributed by atoms with Gasteiger partial charge in [0.1, 0.15) is 11.7 Å². The summed E-state index contributed by atoms with van der Waals surface area (Å²) in [6, 6.07) is 64.1. The summed E-state index contributed by atoms with van der Waals surface area (Å²) < 4.78 is 15.6. The van der Waals surface area contributed by atoms with Crippen molar-refractivity contribution in [3.63, 3.8) is 0 Å². The third kappa shape index (κ3) is 5.44. The van der Waals surface area contributed by atoms with Crippen molar-refractivity contribution >= 4 is 38.3 Å². The van der Waals surface area contributed by atoms with Crippen molar-refractivity contribution in [2.45, 2.75) is 12.2 Å². The average molecular weight is 710 g/mol. The maximum Gasteiger partial charge on any atom is 0.194 e. The molecule has 5 nitrogen and oxygen atoms in total. The lowest BCUT2D eigenvalue weighted by Gasteiger charge is -2.33. The number of para-hydroxylation sites is 1. The van der Waals surface area contributed by atoms with E-state index in [2.05, 4.69) is 185 Å². The fraction of sp³-hybridized carbons (Fsp3) is 0.0400. The van der Waals surface area contributed by atoms with Gasteiger partial charge in [-0.05, 0) is 93.2 Å². The molecule has 9 aromatic rings. The van der Waals surface area contributed by atoms with Crippen molar-refractivity contribution in [3.05, 3.63) is 205 Å². The summed E-state index contributed by atoms with van der Waals surface area (Å²) in [5, 5.41) is 12.1. The highest BCUT2D eigenvalue weighted by Crippen LogP contribution is 2.51. The molecule has 8 aromatic carbocycles. The number of hydrogen-bond acceptors (Lipinski definition) is 4. The first kappa shape index (κ1) is 31.4. The lowest BCUT2D eigenvalue weighted by Crippen LogP contribution is -2.39. The molecule has 0 radical (unpaired) electrons. The number of ether oxygens (including phenoxy) is 2. The minimum absolute atomic E-state index is 0.0338. The first-order chi connectivity index (χ1) is 27.2. The fourth-order valence-electron chi connectivity index (χ4n) is 8.21. The lowest BCUT2D eigenvalue weighted by molar-refractivity contribution is 0.363. The standard InChI is InChI=1S/C50H35N3O2/c1-3-12-33(13-4-1)42-31-43(52-50(51-42)34-14-5-2-6-15-34)38-19-11-18-35(28-38)32-22-24-39(25-23-32)53-44-21-10-9-20-40(44)41-26-27-45-49(48(41)53)55-47-30-37-17-8-7-16-36(37)29-46(47)54-45/h1-31,42,50-52H. The average Bonchev–Trinajstić information content (AvgIpc) is 3.60. The minimum Gasteiger partial charge on any atom is -0.449 e. The second-order valence-electron chi connectivity index (χ2n) is 14.2. The highest BCUT2D eigenvalue weighted by molar-refractivity contribution is 6.12. The van der Waals surface area contributed by atoms with Gasteiger partial charge in [-0.2, -0.15) is 0 Å². The number of benzene rings is 8. The van der Waals surface area contributed by atoms with E-state index in [0.29, 0.717) is 11.5 Å². The third-order valence-corrected chi connectivity index (χ3v) is 10.9. The van der Waals surface area contributed by atoms with Gasteiger partial charge in [-0.15, -0.1) is 0 Å². The third-order valence-electron chi connectivity index (χ3n) is 10.9. The van der Waals surface area contributed by atoms with Gasteiger partial charge < -0.3 is 19.4 Å². The maximum atomic E-state index is 6.76. The summed E-state index contributed by atoms with van der Waals surface area (Å²) >= 11 is 0. The topological polar surface area (TPSA) is 47.5 Å². The number of fused-ring (bicyclic) bond motifs is 7. The molecule has 11 rings (SSSR count). The maximum absolute atomic E-state index is 6.76. The molecule has 2 aliphatic heterocycles. The Kier molecular flexibility index (Phi) is 7.32. The Labute approximate surface area is 318 Å². The molecule has 0 amide bonds. The van der Waals surface area contributed by atoms with Crippen LogP contribution in [-0.4, -0.2) is 4.57 Å². The van der Waals surface area contributed by atoms with Gasteiger partial charge >= 0.3 is 0 Å². The zero-order chi connectivity index (χ0) is 36.3. The van der Waals surface area contributed by atoms with Crippen LogP contribution >= 0.6 is 0 Å². The molecular weight excluding hydrogens is 675 g/mol. The van der Waals surface area contributed by atoms with Crippen LogP contribution in [0.1, 0.15) is 28.9 Å². The smallest absolute Gasteiger partial charge is 0.194 e. The van der Waals surface area contributed by atoms with Crippen LogP contribution in [0.25, 0.3) is 55.1 Å². The van der Waals surface area contributed by atoms with E-state index in [1.54, 1.807) is 0 Å². The first-order valence-corrected chi connectivity index (χ1v) is 18.7. The zero-order valence-corrected chi connectivity index (χ0v) is 29.8. The molecule has 262 valence electrons. The van der Waals surface area contributed by atoms with Crippen LogP contribution in [0, 0.1) is 0 Å².